The van der Waals surface area contributed by atoms with E-state index in [1.165, 1.54) is 27.8 Å². The summed E-state index contributed by atoms with van der Waals surface area (Å²) in [5.74, 6) is 4.31. The Hall–Kier alpha value is -4.27. The number of benzene rings is 3. The molecule has 0 unspecified atom stereocenters. The minimum absolute atomic E-state index is 0.215. The van der Waals surface area contributed by atoms with Gasteiger partial charge < -0.3 is 23.7 Å². The predicted molar refractivity (Wildman–Crippen MR) is 175 cm³/mol. The van der Waals surface area contributed by atoms with Gasteiger partial charge in [0.15, 0.2) is 23.0 Å². The van der Waals surface area contributed by atoms with Gasteiger partial charge in [0.1, 0.15) is 5.75 Å². The molecule has 0 spiro atoms. The molecule has 6 rings (SSSR count). The topological polar surface area (TPSA) is 65.5 Å². The number of hydrogen-bond acceptors (Lipinski definition) is 8. The highest BCUT2D eigenvalue weighted by Gasteiger charge is 2.28. The van der Waals surface area contributed by atoms with E-state index in [-0.39, 0.29) is 12.1 Å². The van der Waals surface area contributed by atoms with E-state index in [2.05, 4.69) is 77.4 Å². The van der Waals surface area contributed by atoms with Crippen molar-refractivity contribution in [1.82, 2.24) is 14.8 Å². The fourth-order valence-electron chi connectivity index (χ4n) is 6.70. The van der Waals surface area contributed by atoms with Crippen LogP contribution in [0.5, 0.6) is 34.6 Å². The SMILES string of the molecule is COc1ccc2c(c1)CCN(C)[C@@H]2Cc1ccc(Oc2ccc(C[C@@H]3c4cc(OC)c(OC)cc4CCN3C)cn2)c(OC)c1. The molecule has 3 aromatic carbocycles. The first-order valence-electron chi connectivity index (χ1n) is 15.5. The zero-order valence-corrected chi connectivity index (χ0v) is 27.1. The van der Waals surface area contributed by atoms with Crippen LogP contribution in [0.25, 0.3) is 0 Å². The zero-order valence-electron chi connectivity index (χ0n) is 27.1. The van der Waals surface area contributed by atoms with Crippen LogP contribution in [-0.2, 0) is 25.7 Å². The van der Waals surface area contributed by atoms with Crippen molar-refractivity contribution in [3.63, 3.8) is 0 Å². The van der Waals surface area contributed by atoms with E-state index >= 15 is 0 Å². The van der Waals surface area contributed by atoms with E-state index in [9.17, 15) is 0 Å². The monoisotopic (exact) mass is 609 g/mol. The van der Waals surface area contributed by atoms with Crippen LogP contribution in [0.3, 0.4) is 0 Å². The smallest absolute Gasteiger partial charge is 0.219 e. The number of hydrogen-bond donors (Lipinski definition) is 0. The highest BCUT2D eigenvalue weighted by Crippen LogP contribution is 2.40. The summed E-state index contributed by atoms with van der Waals surface area (Å²) in [6.45, 7) is 1.99. The Bertz CT molecular complexity index is 1640. The van der Waals surface area contributed by atoms with Gasteiger partial charge in [-0.05, 0) is 110 Å². The zero-order chi connectivity index (χ0) is 31.5. The lowest BCUT2D eigenvalue weighted by atomic mass is 9.89. The van der Waals surface area contributed by atoms with Gasteiger partial charge in [-0.25, -0.2) is 4.98 Å². The van der Waals surface area contributed by atoms with Crippen molar-refractivity contribution in [1.29, 1.82) is 0 Å². The largest absolute Gasteiger partial charge is 0.497 e. The number of methoxy groups -OCH3 is 4. The van der Waals surface area contributed by atoms with E-state index in [4.69, 9.17) is 23.7 Å². The average Bonchev–Trinajstić information content (AvgIpc) is 3.07. The molecule has 0 saturated carbocycles. The maximum atomic E-state index is 6.23. The lowest BCUT2D eigenvalue weighted by Gasteiger charge is -2.35. The Balaban J connectivity index is 1.15. The summed E-state index contributed by atoms with van der Waals surface area (Å²) in [7, 11) is 11.1. The summed E-state index contributed by atoms with van der Waals surface area (Å²) in [6.07, 6.45) is 5.61. The molecule has 8 nitrogen and oxygen atoms in total. The van der Waals surface area contributed by atoms with E-state index in [0.29, 0.717) is 17.4 Å². The summed E-state index contributed by atoms with van der Waals surface area (Å²) < 4.78 is 28.6. The summed E-state index contributed by atoms with van der Waals surface area (Å²) >= 11 is 0. The number of fused-ring (bicyclic) bond motifs is 2. The first-order valence-corrected chi connectivity index (χ1v) is 15.5. The summed E-state index contributed by atoms with van der Waals surface area (Å²) in [5, 5.41) is 0. The number of aromatic nitrogens is 1. The normalized spacial score (nSPS) is 18.1. The van der Waals surface area contributed by atoms with Gasteiger partial charge in [0.05, 0.1) is 28.4 Å². The van der Waals surface area contributed by atoms with Crippen molar-refractivity contribution in [3.8, 4) is 34.6 Å². The lowest BCUT2D eigenvalue weighted by Crippen LogP contribution is -2.33. The Morgan fingerprint density at radius 3 is 1.91 bits per heavy atom. The minimum atomic E-state index is 0.215. The molecule has 45 heavy (non-hydrogen) atoms. The third-order valence-electron chi connectivity index (χ3n) is 9.34. The second-order valence-electron chi connectivity index (χ2n) is 12.0. The molecule has 8 heteroatoms. The highest BCUT2D eigenvalue weighted by molar-refractivity contribution is 5.50. The number of pyridine rings is 1. The van der Waals surface area contributed by atoms with Gasteiger partial charge in [-0.3, -0.25) is 9.80 Å². The molecular formula is C37H43N3O5. The number of rotatable bonds is 10. The van der Waals surface area contributed by atoms with Crippen molar-refractivity contribution in [2.24, 2.45) is 0 Å². The van der Waals surface area contributed by atoms with Crippen molar-refractivity contribution in [2.45, 2.75) is 37.8 Å². The highest BCUT2D eigenvalue weighted by atomic mass is 16.5. The summed E-state index contributed by atoms with van der Waals surface area (Å²) in [4.78, 5) is 9.48. The van der Waals surface area contributed by atoms with Gasteiger partial charge in [-0.1, -0.05) is 18.2 Å². The summed E-state index contributed by atoms with van der Waals surface area (Å²) in [6, 6.07) is 21.4. The van der Waals surface area contributed by atoms with E-state index < -0.39 is 0 Å². The van der Waals surface area contributed by atoms with E-state index in [0.717, 1.165) is 61.6 Å². The van der Waals surface area contributed by atoms with Gasteiger partial charge in [0.25, 0.3) is 0 Å². The van der Waals surface area contributed by atoms with Gasteiger partial charge in [0, 0.05) is 37.4 Å². The number of likely N-dealkylation sites (N-methyl/N-ethyl adjacent to an activating group) is 2. The molecule has 0 radical (unpaired) electrons. The molecule has 2 aliphatic heterocycles. The number of ether oxygens (including phenoxy) is 5. The molecule has 0 amide bonds. The van der Waals surface area contributed by atoms with Crippen LogP contribution in [-0.4, -0.2) is 70.4 Å². The maximum absolute atomic E-state index is 6.23. The third-order valence-corrected chi connectivity index (χ3v) is 9.34. The van der Waals surface area contributed by atoms with Gasteiger partial charge >= 0.3 is 0 Å². The molecule has 3 heterocycles. The van der Waals surface area contributed by atoms with Gasteiger partial charge in [0.2, 0.25) is 5.88 Å². The van der Waals surface area contributed by atoms with Crippen molar-refractivity contribution in [2.75, 3.05) is 55.6 Å². The standard InChI is InChI=1S/C37H43N3O5/c1-39-15-13-26-20-28(41-3)9-10-29(26)31(39)17-24-7-11-33(34(19-24)42-4)45-37-12-8-25(23-38-37)18-32-30-22-36(44-6)35(43-5)21-27(30)14-16-40(32)2/h7-12,19-23,31-32H,13-18H2,1-6H3/t31-,32-/m1/s1. The Kier molecular flexibility index (Phi) is 9.14. The van der Waals surface area contributed by atoms with Crippen molar-refractivity contribution in [3.05, 3.63) is 100 Å². The van der Waals surface area contributed by atoms with Crippen LogP contribution < -0.4 is 23.7 Å². The van der Waals surface area contributed by atoms with Crippen molar-refractivity contribution >= 4 is 0 Å². The number of nitrogens with zero attached hydrogens (tertiary/aromatic N) is 3. The molecule has 2 atom stereocenters. The molecule has 1 aromatic heterocycles. The molecule has 0 N–H and O–H groups in total. The second kappa shape index (κ2) is 13.4. The first-order chi connectivity index (χ1) is 21.9. The second-order valence-corrected chi connectivity index (χ2v) is 12.0. The average molecular weight is 610 g/mol. The molecular weight excluding hydrogens is 566 g/mol. The van der Waals surface area contributed by atoms with Crippen LogP contribution in [0.1, 0.15) is 45.5 Å². The Morgan fingerprint density at radius 1 is 0.622 bits per heavy atom. The van der Waals surface area contributed by atoms with Crippen LogP contribution in [0.4, 0.5) is 0 Å². The molecule has 0 fully saturated rings. The fourth-order valence-corrected chi connectivity index (χ4v) is 6.70. The van der Waals surface area contributed by atoms with Gasteiger partial charge in [-0.15, -0.1) is 0 Å². The van der Waals surface area contributed by atoms with Crippen LogP contribution in [0, 0.1) is 0 Å². The predicted octanol–water partition coefficient (Wildman–Crippen LogP) is 6.45. The van der Waals surface area contributed by atoms with Crippen molar-refractivity contribution < 1.29 is 23.7 Å². The summed E-state index contributed by atoms with van der Waals surface area (Å²) in [5.41, 5.74) is 7.62. The fraction of sp³-hybridized carbons (Fsp3) is 0.378. The Labute approximate surface area is 266 Å². The molecule has 4 aromatic rings. The molecule has 0 bridgehead atoms. The van der Waals surface area contributed by atoms with Crippen LogP contribution >= 0.6 is 0 Å². The first kappa shape index (κ1) is 30.7. The quantitative estimate of drug-likeness (QED) is 0.203. The molecule has 0 aliphatic carbocycles. The van der Waals surface area contributed by atoms with Crippen LogP contribution in [0.15, 0.2) is 66.9 Å². The molecule has 2 aliphatic rings. The third kappa shape index (κ3) is 6.44. The van der Waals surface area contributed by atoms with Crippen LogP contribution in [0.2, 0.25) is 0 Å². The lowest BCUT2D eigenvalue weighted by molar-refractivity contribution is 0.227. The molecule has 236 valence electrons. The van der Waals surface area contributed by atoms with E-state index in [1.54, 1.807) is 28.4 Å². The Morgan fingerprint density at radius 2 is 1.24 bits per heavy atom. The molecule has 0 saturated heterocycles. The maximum Gasteiger partial charge on any atom is 0.219 e. The van der Waals surface area contributed by atoms with Gasteiger partial charge in [-0.2, -0.15) is 0 Å². The minimum Gasteiger partial charge on any atom is -0.497 e. The van der Waals surface area contributed by atoms with E-state index in [1.807, 2.05) is 18.3 Å².